The summed E-state index contributed by atoms with van der Waals surface area (Å²) in [5, 5.41) is -0.185. The summed E-state index contributed by atoms with van der Waals surface area (Å²) in [6, 6.07) is 0. The van der Waals surface area contributed by atoms with Crippen LogP contribution in [0.3, 0.4) is 0 Å². The van der Waals surface area contributed by atoms with Crippen molar-refractivity contribution in [1.82, 2.24) is 0 Å². The molecule has 1 atom stereocenters. The van der Waals surface area contributed by atoms with Crippen molar-refractivity contribution in [2.45, 2.75) is 11.9 Å². The Morgan fingerprint density at radius 1 is 1.88 bits per heavy atom. The molecule has 8 heavy (non-hydrogen) atoms. The Kier molecular flexibility index (Phi) is 1.38. The van der Waals surface area contributed by atoms with Crippen molar-refractivity contribution >= 4 is 21.9 Å². The van der Waals surface area contributed by atoms with Gasteiger partial charge in [-0.05, 0) is 28.4 Å². The molecular formula is C5H5BrO2. The zero-order valence-corrected chi connectivity index (χ0v) is 5.94. The van der Waals surface area contributed by atoms with Crippen LogP contribution in [0.5, 0.6) is 0 Å². The summed E-state index contributed by atoms with van der Waals surface area (Å²) in [5.41, 5.74) is 0.926. The first-order chi connectivity index (χ1) is 3.70. The molecule has 0 aromatic carbocycles. The number of halogens is 1. The van der Waals surface area contributed by atoms with Crippen molar-refractivity contribution in [2.75, 3.05) is 0 Å². The summed E-state index contributed by atoms with van der Waals surface area (Å²) in [6.45, 7) is 1.84. The zero-order valence-electron chi connectivity index (χ0n) is 4.35. The van der Waals surface area contributed by atoms with Crippen molar-refractivity contribution in [3.63, 3.8) is 0 Å². The molecule has 0 fully saturated rings. The highest BCUT2D eigenvalue weighted by Crippen LogP contribution is 2.19. The molecule has 2 nitrogen and oxygen atoms in total. The normalized spacial score (nSPS) is 27.5. The summed E-state index contributed by atoms with van der Waals surface area (Å²) < 4.78 is 4.66. The molecule has 0 saturated heterocycles. The van der Waals surface area contributed by atoms with Crippen molar-refractivity contribution in [1.29, 1.82) is 0 Å². The van der Waals surface area contributed by atoms with E-state index in [1.54, 1.807) is 0 Å². The van der Waals surface area contributed by atoms with Crippen LogP contribution in [0.4, 0.5) is 0 Å². The van der Waals surface area contributed by atoms with Crippen LogP contribution in [-0.4, -0.2) is 11.0 Å². The van der Waals surface area contributed by atoms with Crippen molar-refractivity contribution < 1.29 is 9.53 Å². The van der Waals surface area contributed by atoms with E-state index in [2.05, 4.69) is 20.7 Å². The Hall–Kier alpha value is -0.310. The summed E-state index contributed by atoms with van der Waals surface area (Å²) in [4.78, 5) is 10.3. The van der Waals surface area contributed by atoms with E-state index in [-0.39, 0.29) is 11.0 Å². The number of rotatable bonds is 0. The highest BCUT2D eigenvalue weighted by atomic mass is 79.9. The van der Waals surface area contributed by atoms with Gasteiger partial charge in [0, 0.05) is 6.08 Å². The highest BCUT2D eigenvalue weighted by Gasteiger charge is 2.18. The Labute approximate surface area is 55.6 Å². The van der Waals surface area contributed by atoms with E-state index in [4.69, 9.17) is 0 Å². The second kappa shape index (κ2) is 1.90. The number of cyclic esters (lactones) is 1. The molecule has 3 heteroatoms. The van der Waals surface area contributed by atoms with Crippen LogP contribution in [-0.2, 0) is 9.53 Å². The molecule has 0 saturated carbocycles. The number of carbonyl (C=O) groups is 1. The SMILES string of the molecule is CC1=CC(=O)OC1Br. The number of ether oxygens (including phenoxy) is 1. The summed E-state index contributed by atoms with van der Waals surface area (Å²) in [6.07, 6.45) is 1.47. The fourth-order valence-electron chi connectivity index (χ4n) is 0.480. The molecule has 0 amide bonds. The van der Waals surface area contributed by atoms with Gasteiger partial charge in [0.05, 0.1) is 0 Å². The molecule has 0 N–H and O–H groups in total. The van der Waals surface area contributed by atoms with Gasteiger partial charge < -0.3 is 4.74 Å². The van der Waals surface area contributed by atoms with E-state index in [0.717, 1.165) is 5.57 Å². The molecule has 0 spiro atoms. The van der Waals surface area contributed by atoms with Gasteiger partial charge in [0.15, 0.2) is 5.01 Å². The number of hydrogen-bond donors (Lipinski definition) is 0. The molecule has 0 aliphatic carbocycles. The third-order valence-corrected chi connectivity index (χ3v) is 1.83. The van der Waals surface area contributed by atoms with Crippen LogP contribution in [0.25, 0.3) is 0 Å². The monoisotopic (exact) mass is 176 g/mol. The molecule has 44 valence electrons. The fraction of sp³-hybridized carbons (Fsp3) is 0.400. The third kappa shape index (κ3) is 0.916. The lowest BCUT2D eigenvalue weighted by Gasteiger charge is -1.98. The van der Waals surface area contributed by atoms with E-state index in [0.29, 0.717) is 0 Å². The topological polar surface area (TPSA) is 26.3 Å². The summed E-state index contributed by atoms with van der Waals surface area (Å²) in [5.74, 6) is -0.260. The van der Waals surface area contributed by atoms with Gasteiger partial charge in [0.1, 0.15) is 0 Å². The number of esters is 1. The molecule has 1 aliphatic rings. The molecule has 1 rings (SSSR count). The van der Waals surface area contributed by atoms with Crippen LogP contribution in [0.15, 0.2) is 11.6 Å². The van der Waals surface area contributed by atoms with Crippen molar-refractivity contribution in [3.05, 3.63) is 11.6 Å². The van der Waals surface area contributed by atoms with Crippen LogP contribution >= 0.6 is 15.9 Å². The average molecular weight is 177 g/mol. The van der Waals surface area contributed by atoms with Gasteiger partial charge in [0.25, 0.3) is 0 Å². The van der Waals surface area contributed by atoms with Crippen LogP contribution < -0.4 is 0 Å². The lowest BCUT2D eigenvalue weighted by Crippen LogP contribution is -1.99. The van der Waals surface area contributed by atoms with Crippen molar-refractivity contribution in [3.8, 4) is 0 Å². The Morgan fingerprint density at radius 3 is 2.62 bits per heavy atom. The Bertz CT molecular complexity index is 151. The smallest absolute Gasteiger partial charge is 0.332 e. The van der Waals surface area contributed by atoms with E-state index < -0.39 is 0 Å². The second-order valence-corrected chi connectivity index (χ2v) is 2.47. The maximum atomic E-state index is 10.3. The largest absolute Gasteiger partial charge is 0.443 e. The van der Waals surface area contributed by atoms with Crippen LogP contribution in [0, 0.1) is 0 Å². The first-order valence-corrected chi connectivity index (χ1v) is 3.14. The van der Waals surface area contributed by atoms with Gasteiger partial charge >= 0.3 is 5.97 Å². The third-order valence-electron chi connectivity index (χ3n) is 0.923. The Morgan fingerprint density at radius 2 is 2.50 bits per heavy atom. The Balaban J connectivity index is 2.73. The van der Waals surface area contributed by atoms with Gasteiger partial charge in [-0.15, -0.1) is 0 Å². The molecule has 1 heterocycles. The first kappa shape index (κ1) is 5.82. The van der Waals surface area contributed by atoms with Gasteiger partial charge in [-0.3, -0.25) is 0 Å². The molecule has 0 radical (unpaired) electrons. The number of hydrogen-bond acceptors (Lipinski definition) is 2. The zero-order chi connectivity index (χ0) is 6.15. The minimum Gasteiger partial charge on any atom is -0.443 e. The second-order valence-electron chi connectivity index (χ2n) is 1.64. The van der Waals surface area contributed by atoms with Gasteiger partial charge in [-0.25, -0.2) is 4.79 Å². The van der Waals surface area contributed by atoms with E-state index in [1.165, 1.54) is 6.08 Å². The molecular weight excluding hydrogens is 172 g/mol. The minimum atomic E-state index is -0.260. The standard InChI is InChI=1S/C5H5BrO2/c1-3-2-4(7)8-5(3)6/h2,5H,1H3. The van der Waals surface area contributed by atoms with Crippen LogP contribution in [0.1, 0.15) is 6.92 Å². The molecule has 0 bridgehead atoms. The molecule has 1 aliphatic heterocycles. The van der Waals surface area contributed by atoms with Crippen molar-refractivity contribution in [2.24, 2.45) is 0 Å². The maximum Gasteiger partial charge on any atom is 0.332 e. The highest BCUT2D eigenvalue weighted by molar-refractivity contribution is 9.09. The predicted octanol–water partition coefficient (Wildman–Crippen LogP) is 1.21. The van der Waals surface area contributed by atoms with E-state index >= 15 is 0 Å². The predicted molar refractivity (Wildman–Crippen MR) is 32.6 cm³/mol. The number of carbonyl (C=O) groups excluding carboxylic acids is 1. The van der Waals surface area contributed by atoms with Gasteiger partial charge in [0.2, 0.25) is 0 Å². The fourth-order valence-corrected chi connectivity index (χ4v) is 0.797. The van der Waals surface area contributed by atoms with E-state index in [1.807, 2.05) is 6.92 Å². The lowest BCUT2D eigenvalue weighted by molar-refractivity contribution is -0.135. The van der Waals surface area contributed by atoms with Crippen LogP contribution in [0.2, 0.25) is 0 Å². The minimum absolute atomic E-state index is 0.185. The van der Waals surface area contributed by atoms with Gasteiger partial charge in [-0.1, -0.05) is 0 Å². The average Bonchev–Trinajstić information content (AvgIpc) is 1.85. The lowest BCUT2D eigenvalue weighted by atomic mass is 10.3. The van der Waals surface area contributed by atoms with Gasteiger partial charge in [-0.2, -0.15) is 0 Å². The molecule has 0 aromatic rings. The maximum absolute atomic E-state index is 10.3. The van der Waals surface area contributed by atoms with E-state index in [9.17, 15) is 4.79 Å². The number of alkyl halides is 1. The molecule has 0 aromatic heterocycles. The quantitative estimate of drug-likeness (QED) is 0.410. The molecule has 1 unspecified atom stereocenters. The summed E-state index contributed by atoms with van der Waals surface area (Å²) >= 11 is 3.13. The summed E-state index contributed by atoms with van der Waals surface area (Å²) in [7, 11) is 0. The first-order valence-electron chi connectivity index (χ1n) is 2.23.